The molecular weight excluding hydrogens is 142 g/mol. The van der Waals surface area contributed by atoms with E-state index in [-0.39, 0.29) is 5.78 Å². The van der Waals surface area contributed by atoms with Crippen molar-refractivity contribution >= 4 is 5.78 Å². The first kappa shape index (κ1) is 8.37. The summed E-state index contributed by atoms with van der Waals surface area (Å²) in [5.74, 6) is 0.0414. The maximum Gasteiger partial charge on any atom is 0.160 e. The fourth-order valence-electron chi connectivity index (χ4n) is 1.43. The molecule has 0 aromatic rings. The van der Waals surface area contributed by atoms with Gasteiger partial charge in [-0.15, -0.1) is 0 Å². The number of nitrogens with zero attached hydrogens (tertiary/aromatic N) is 1. The average molecular weight is 155 g/mol. The fraction of sp³-hybridized carbons (Fsp3) is 0.875. The first-order chi connectivity index (χ1) is 5.34. The summed E-state index contributed by atoms with van der Waals surface area (Å²) in [6.07, 6.45) is 5.39. The highest BCUT2D eigenvalue weighted by molar-refractivity contribution is 5.84. The maximum absolute atomic E-state index is 11.1. The van der Waals surface area contributed by atoms with E-state index in [4.69, 9.17) is 0 Å². The van der Waals surface area contributed by atoms with Crippen LogP contribution in [0, 0.1) is 4.91 Å². The zero-order valence-corrected chi connectivity index (χ0v) is 6.58. The molecule has 3 heteroatoms. The first-order valence-corrected chi connectivity index (χ1v) is 4.20. The number of hydrogen-bond donors (Lipinski definition) is 0. The van der Waals surface area contributed by atoms with E-state index in [1.54, 1.807) is 0 Å². The molecule has 1 aliphatic rings. The number of hydrogen-bond acceptors (Lipinski definition) is 3. The number of Topliss-reactive ketones (excluding diaryl/α,β-unsaturated/α-hetero) is 1. The third-order valence-corrected chi connectivity index (χ3v) is 2.15. The highest BCUT2D eigenvalue weighted by Crippen LogP contribution is 2.16. The summed E-state index contributed by atoms with van der Waals surface area (Å²) in [7, 11) is 0. The predicted octanol–water partition coefficient (Wildman–Crippen LogP) is 2.04. The van der Waals surface area contributed by atoms with Crippen LogP contribution in [-0.4, -0.2) is 11.8 Å². The monoisotopic (exact) mass is 155 g/mol. The smallest absolute Gasteiger partial charge is 0.160 e. The second kappa shape index (κ2) is 4.21. The second-order valence-electron chi connectivity index (χ2n) is 3.04. The van der Waals surface area contributed by atoms with E-state index in [0.29, 0.717) is 12.8 Å². The molecule has 62 valence electrons. The molecule has 1 saturated carbocycles. The fourth-order valence-corrected chi connectivity index (χ4v) is 1.43. The van der Waals surface area contributed by atoms with Crippen LogP contribution >= 0.6 is 0 Å². The number of carbonyl (C=O) groups excluding carboxylic acids is 1. The first-order valence-electron chi connectivity index (χ1n) is 4.20. The SMILES string of the molecule is O=NC1CCCCCCC1=O. The quantitative estimate of drug-likeness (QED) is 0.544. The summed E-state index contributed by atoms with van der Waals surface area (Å²) in [5, 5.41) is 2.83. The van der Waals surface area contributed by atoms with Crippen molar-refractivity contribution in [3.05, 3.63) is 4.91 Å². The van der Waals surface area contributed by atoms with Crippen LogP contribution in [0.15, 0.2) is 5.18 Å². The van der Waals surface area contributed by atoms with Crippen LogP contribution in [0.2, 0.25) is 0 Å². The van der Waals surface area contributed by atoms with E-state index in [0.717, 1.165) is 25.7 Å². The van der Waals surface area contributed by atoms with Crippen molar-refractivity contribution < 1.29 is 4.79 Å². The minimum atomic E-state index is -0.532. The molecule has 0 saturated heterocycles. The van der Waals surface area contributed by atoms with Crippen molar-refractivity contribution in [3.8, 4) is 0 Å². The molecule has 0 heterocycles. The summed E-state index contributed by atoms with van der Waals surface area (Å²) in [6.45, 7) is 0. The van der Waals surface area contributed by atoms with Crippen molar-refractivity contribution in [1.82, 2.24) is 0 Å². The van der Waals surface area contributed by atoms with E-state index >= 15 is 0 Å². The molecule has 3 nitrogen and oxygen atoms in total. The standard InChI is InChI=1S/C8H13NO2/c10-8-6-4-2-1-3-5-7(8)9-11/h7H,1-6H2. The van der Waals surface area contributed by atoms with E-state index in [1.165, 1.54) is 0 Å². The van der Waals surface area contributed by atoms with Crippen molar-refractivity contribution in [1.29, 1.82) is 0 Å². The summed E-state index contributed by atoms with van der Waals surface area (Å²) in [4.78, 5) is 21.3. The average Bonchev–Trinajstić information content (AvgIpc) is 1.98. The van der Waals surface area contributed by atoms with Crippen LogP contribution in [0.3, 0.4) is 0 Å². The Hall–Kier alpha value is -0.730. The summed E-state index contributed by atoms with van der Waals surface area (Å²) < 4.78 is 0. The summed E-state index contributed by atoms with van der Waals surface area (Å²) in [6, 6.07) is -0.532. The van der Waals surface area contributed by atoms with Crippen LogP contribution in [0.1, 0.15) is 38.5 Å². The number of nitroso groups, excluding NO2 is 1. The lowest BCUT2D eigenvalue weighted by molar-refractivity contribution is -0.120. The Labute approximate surface area is 66.1 Å². The Bertz CT molecular complexity index is 156. The summed E-state index contributed by atoms with van der Waals surface area (Å²) in [5.41, 5.74) is 0. The van der Waals surface area contributed by atoms with E-state index in [1.807, 2.05) is 0 Å². The lowest BCUT2D eigenvalue weighted by Gasteiger charge is -2.11. The molecule has 0 spiro atoms. The van der Waals surface area contributed by atoms with Gasteiger partial charge in [0.05, 0.1) is 0 Å². The van der Waals surface area contributed by atoms with Gasteiger partial charge in [-0.05, 0) is 12.8 Å². The minimum absolute atomic E-state index is 0.0414. The van der Waals surface area contributed by atoms with Crippen molar-refractivity contribution in [3.63, 3.8) is 0 Å². The normalized spacial score (nSPS) is 27.3. The summed E-state index contributed by atoms with van der Waals surface area (Å²) >= 11 is 0. The van der Waals surface area contributed by atoms with Crippen molar-refractivity contribution in [2.24, 2.45) is 5.18 Å². The maximum atomic E-state index is 11.1. The zero-order chi connectivity index (χ0) is 8.10. The van der Waals surface area contributed by atoms with Gasteiger partial charge in [0.2, 0.25) is 0 Å². The predicted molar refractivity (Wildman–Crippen MR) is 42.3 cm³/mol. The van der Waals surface area contributed by atoms with Crippen molar-refractivity contribution in [2.45, 2.75) is 44.6 Å². The van der Waals surface area contributed by atoms with Gasteiger partial charge in [-0.1, -0.05) is 24.4 Å². The zero-order valence-electron chi connectivity index (χ0n) is 6.58. The highest BCUT2D eigenvalue weighted by atomic mass is 16.3. The molecule has 0 radical (unpaired) electrons. The van der Waals surface area contributed by atoms with Gasteiger partial charge in [0.1, 0.15) is 6.04 Å². The highest BCUT2D eigenvalue weighted by Gasteiger charge is 2.19. The van der Waals surface area contributed by atoms with Gasteiger partial charge >= 0.3 is 0 Å². The van der Waals surface area contributed by atoms with Crippen LogP contribution < -0.4 is 0 Å². The number of ketones is 1. The van der Waals surface area contributed by atoms with Gasteiger partial charge in [-0.3, -0.25) is 4.79 Å². The molecule has 0 aliphatic heterocycles. The minimum Gasteiger partial charge on any atom is -0.297 e. The Morgan fingerprint density at radius 3 is 2.64 bits per heavy atom. The Balaban J connectivity index is 2.45. The molecule has 1 fully saturated rings. The third-order valence-electron chi connectivity index (χ3n) is 2.15. The molecule has 0 aromatic heterocycles. The Kier molecular flexibility index (Phi) is 3.20. The number of rotatable bonds is 1. The molecule has 1 rings (SSSR count). The molecule has 0 amide bonds. The van der Waals surface area contributed by atoms with Gasteiger partial charge in [0.15, 0.2) is 5.78 Å². The van der Waals surface area contributed by atoms with Gasteiger partial charge in [0, 0.05) is 6.42 Å². The second-order valence-corrected chi connectivity index (χ2v) is 3.04. The van der Waals surface area contributed by atoms with Gasteiger partial charge < -0.3 is 0 Å². The molecule has 0 bridgehead atoms. The van der Waals surface area contributed by atoms with Crippen LogP contribution in [0.25, 0.3) is 0 Å². The van der Waals surface area contributed by atoms with Crippen molar-refractivity contribution in [2.75, 3.05) is 0 Å². The molecule has 1 unspecified atom stereocenters. The number of carbonyl (C=O) groups is 1. The molecule has 1 aliphatic carbocycles. The largest absolute Gasteiger partial charge is 0.297 e. The van der Waals surface area contributed by atoms with Gasteiger partial charge in [-0.2, -0.15) is 4.91 Å². The van der Waals surface area contributed by atoms with Crippen LogP contribution in [-0.2, 0) is 4.79 Å². The topological polar surface area (TPSA) is 46.5 Å². The Morgan fingerprint density at radius 1 is 1.18 bits per heavy atom. The molecular formula is C8H13NO2. The van der Waals surface area contributed by atoms with Crippen LogP contribution in [0.5, 0.6) is 0 Å². The van der Waals surface area contributed by atoms with E-state index in [2.05, 4.69) is 5.18 Å². The Morgan fingerprint density at radius 2 is 1.91 bits per heavy atom. The van der Waals surface area contributed by atoms with Gasteiger partial charge in [-0.25, -0.2) is 0 Å². The van der Waals surface area contributed by atoms with E-state index < -0.39 is 6.04 Å². The third kappa shape index (κ3) is 2.41. The molecule has 1 atom stereocenters. The molecule has 0 N–H and O–H groups in total. The lowest BCUT2D eigenvalue weighted by atomic mass is 9.96. The van der Waals surface area contributed by atoms with Gasteiger partial charge in [0.25, 0.3) is 0 Å². The molecule has 11 heavy (non-hydrogen) atoms. The van der Waals surface area contributed by atoms with E-state index in [9.17, 15) is 9.70 Å². The van der Waals surface area contributed by atoms with Crippen LogP contribution in [0.4, 0.5) is 0 Å². The lowest BCUT2D eigenvalue weighted by Crippen LogP contribution is -2.19. The molecule has 0 aromatic carbocycles.